The van der Waals surface area contributed by atoms with Crippen molar-refractivity contribution in [2.45, 2.75) is 12.3 Å². The molecule has 1 aromatic carbocycles. The van der Waals surface area contributed by atoms with Gasteiger partial charge in [-0.15, -0.1) is 11.6 Å². The Bertz CT molecular complexity index is 504. The van der Waals surface area contributed by atoms with Crippen molar-refractivity contribution in [1.82, 2.24) is 9.97 Å². The first-order chi connectivity index (χ1) is 8.35. The van der Waals surface area contributed by atoms with Crippen LogP contribution in [0, 0.1) is 0 Å². The highest BCUT2D eigenvalue weighted by Crippen LogP contribution is 2.20. The third-order valence-corrected chi connectivity index (χ3v) is 2.64. The Kier molecular flexibility index (Phi) is 4.12. The maximum Gasteiger partial charge on any atom is 0.146 e. The molecule has 0 aliphatic rings. The molecule has 1 heterocycles. The van der Waals surface area contributed by atoms with Crippen LogP contribution in [-0.4, -0.2) is 28.2 Å². The number of para-hydroxylation sites is 1. The maximum absolute atomic E-state index is 8.76. The van der Waals surface area contributed by atoms with Gasteiger partial charge < -0.3 is 10.4 Å². The minimum absolute atomic E-state index is 0.165. The van der Waals surface area contributed by atoms with Gasteiger partial charge in [-0.1, -0.05) is 12.1 Å². The number of hydrogen-bond acceptors (Lipinski definition) is 4. The number of aliphatic hydroxyl groups is 1. The second-order valence-electron chi connectivity index (χ2n) is 3.64. The van der Waals surface area contributed by atoms with E-state index in [0.29, 0.717) is 24.7 Å². The standard InChI is InChI=1S/C12H14ClN3O/c13-8-11-15-10-5-2-1-4-9(10)12(16-11)14-6-3-7-17/h1-2,4-5,17H,3,6-8H2,(H,14,15,16). The summed E-state index contributed by atoms with van der Waals surface area (Å²) in [5.74, 6) is 1.68. The van der Waals surface area contributed by atoms with Crippen molar-refractivity contribution >= 4 is 28.3 Å². The lowest BCUT2D eigenvalue weighted by molar-refractivity contribution is 0.292. The van der Waals surface area contributed by atoms with E-state index in [1.54, 1.807) is 0 Å². The summed E-state index contributed by atoms with van der Waals surface area (Å²) in [6.07, 6.45) is 0.689. The number of nitrogens with one attached hydrogen (secondary N) is 1. The Balaban J connectivity index is 2.36. The van der Waals surface area contributed by atoms with Crippen LogP contribution >= 0.6 is 11.6 Å². The van der Waals surface area contributed by atoms with Gasteiger partial charge in [0.25, 0.3) is 0 Å². The number of nitrogens with zero attached hydrogens (tertiary/aromatic N) is 2. The maximum atomic E-state index is 8.76. The molecule has 2 rings (SSSR count). The van der Waals surface area contributed by atoms with Crippen LogP contribution in [0.4, 0.5) is 5.82 Å². The van der Waals surface area contributed by atoms with Gasteiger partial charge in [0.05, 0.1) is 11.4 Å². The summed E-state index contributed by atoms with van der Waals surface area (Å²) < 4.78 is 0. The van der Waals surface area contributed by atoms with Crippen LogP contribution in [0.5, 0.6) is 0 Å². The van der Waals surface area contributed by atoms with Crippen LogP contribution in [0.2, 0.25) is 0 Å². The van der Waals surface area contributed by atoms with Crippen molar-refractivity contribution in [3.05, 3.63) is 30.1 Å². The van der Waals surface area contributed by atoms with Gasteiger partial charge in [-0.2, -0.15) is 0 Å². The van der Waals surface area contributed by atoms with Crippen molar-refractivity contribution in [3.63, 3.8) is 0 Å². The lowest BCUT2D eigenvalue weighted by atomic mass is 10.2. The molecule has 5 heteroatoms. The highest BCUT2D eigenvalue weighted by molar-refractivity contribution is 6.16. The van der Waals surface area contributed by atoms with E-state index in [0.717, 1.165) is 16.7 Å². The second kappa shape index (κ2) is 5.80. The zero-order valence-electron chi connectivity index (χ0n) is 9.36. The number of anilines is 1. The molecule has 0 amide bonds. The van der Waals surface area contributed by atoms with Crippen LogP contribution in [0.3, 0.4) is 0 Å². The number of alkyl halides is 1. The summed E-state index contributed by atoms with van der Waals surface area (Å²) in [4.78, 5) is 8.71. The summed E-state index contributed by atoms with van der Waals surface area (Å²) in [6, 6.07) is 7.78. The van der Waals surface area contributed by atoms with Crippen molar-refractivity contribution in [2.24, 2.45) is 0 Å². The number of fused-ring (bicyclic) bond motifs is 1. The van der Waals surface area contributed by atoms with Crippen molar-refractivity contribution < 1.29 is 5.11 Å². The van der Waals surface area contributed by atoms with E-state index in [1.807, 2.05) is 24.3 Å². The van der Waals surface area contributed by atoms with E-state index < -0.39 is 0 Å². The summed E-state index contributed by atoms with van der Waals surface area (Å²) in [7, 11) is 0. The minimum Gasteiger partial charge on any atom is -0.396 e. The summed E-state index contributed by atoms with van der Waals surface area (Å²) in [5.41, 5.74) is 0.879. The van der Waals surface area contributed by atoms with E-state index in [4.69, 9.17) is 16.7 Å². The zero-order chi connectivity index (χ0) is 12.1. The predicted molar refractivity (Wildman–Crippen MR) is 69.3 cm³/mol. The van der Waals surface area contributed by atoms with Crippen molar-refractivity contribution in [1.29, 1.82) is 0 Å². The highest BCUT2D eigenvalue weighted by atomic mass is 35.5. The molecule has 0 atom stereocenters. The van der Waals surface area contributed by atoms with E-state index in [2.05, 4.69) is 15.3 Å². The van der Waals surface area contributed by atoms with E-state index in [9.17, 15) is 0 Å². The SMILES string of the molecule is OCCCNc1nc(CCl)nc2ccccc12. The molecule has 2 N–H and O–H groups in total. The van der Waals surface area contributed by atoms with Gasteiger partial charge in [-0.3, -0.25) is 0 Å². The quantitative estimate of drug-likeness (QED) is 0.632. The topological polar surface area (TPSA) is 58.0 Å². The Labute approximate surface area is 105 Å². The summed E-state index contributed by atoms with van der Waals surface area (Å²) >= 11 is 5.77. The van der Waals surface area contributed by atoms with Crippen molar-refractivity contribution in [3.8, 4) is 0 Å². The summed E-state index contributed by atoms with van der Waals surface area (Å²) in [5, 5.41) is 12.9. The van der Waals surface area contributed by atoms with Gasteiger partial charge >= 0.3 is 0 Å². The highest BCUT2D eigenvalue weighted by Gasteiger charge is 2.05. The molecule has 0 bridgehead atoms. The Morgan fingerprint density at radius 2 is 2.06 bits per heavy atom. The molecule has 2 aromatic rings. The molecule has 0 fully saturated rings. The van der Waals surface area contributed by atoms with Crippen LogP contribution in [0.25, 0.3) is 10.9 Å². The normalized spacial score (nSPS) is 10.7. The predicted octanol–water partition coefficient (Wildman–Crippen LogP) is 2.16. The molecule has 1 aromatic heterocycles. The van der Waals surface area contributed by atoms with Gasteiger partial charge in [0, 0.05) is 18.5 Å². The van der Waals surface area contributed by atoms with Gasteiger partial charge in [0.2, 0.25) is 0 Å². The van der Waals surface area contributed by atoms with Gasteiger partial charge in [-0.25, -0.2) is 9.97 Å². The Morgan fingerprint density at radius 3 is 2.82 bits per heavy atom. The fraction of sp³-hybridized carbons (Fsp3) is 0.333. The van der Waals surface area contributed by atoms with E-state index >= 15 is 0 Å². The smallest absolute Gasteiger partial charge is 0.146 e. The second-order valence-corrected chi connectivity index (χ2v) is 3.91. The lowest BCUT2D eigenvalue weighted by Crippen LogP contribution is -2.07. The van der Waals surface area contributed by atoms with Crippen LogP contribution < -0.4 is 5.32 Å². The average Bonchev–Trinajstić information content (AvgIpc) is 2.38. The van der Waals surface area contributed by atoms with Gasteiger partial charge in [0.15, 0.2) is 0 Å². The molecule has 4 nitrogen and oxygen atoms in total. The molecule has 0 unspecified atom stereocenters. The fourth-order valence-corrected chi connectivity index (χ4v) is 1.72. The monoisotopic (exact) mass is 251 g/mol. The van der Waals surface area contributed by atoms with E-state index in [1.165, 1.54) is 0 Å². The van der Waals surface area contributed by atoms with Crippen molar-refractivity contribution in [2.75, 3.05) is 18.5 Å². The first-order valence-corrected chi connectivity index (χ1v) is 6.05. The van der Waals surface area contributed by atoms with Crippen LogP contribution in [0.1, 0.15) is 12.2 Å². The number of aromatic nitrogens is 2. The first-order valence-electron chi connectivity index (χ1n) is 5.51. The third kappa shape index (κ3) is 2.84. The molecular weight excluding hydrogens is 238 g/mol. The fourth-order valence-electron chi connectivity index (χ4n) is 1.61. The molecular formula is C12H14ClN3O. The largest absolute Gasteiger partial charge is 0.396 e. The number of benzene rings is 1. The molecule has 0 saturated carbocycles. The number of aliphatic hydroxyl groups excluding tert-OH is 1. The van der Waals surface area contributed by atoms with Gasteiger partial charge in [-0.05, 0) is 18.6 Å². The molecule has 0 saturated heterocycles. The molecule has 0 aliphatic heterocycles. The van der Waals surface area contributed by atoms with E-state index in [-0.39, 0.29) is 6.61 Å². The average molecular weight is 252 g/mol. The Morgan fingerprint density at radius 1 is 1.24 bits per heavy atom. The molecule has 0 spiro atoms. The third-order valence-electron chi connectivity index (χ3n) is 2.40. The zero-order valence-corrected chi connectivity index (χ0v) is 10.1. The number of hydrogen-bond donors (Lipinski definition) is 2. The first kappa shape index (κ1) is 12.1. The van der Waals surface area contributed by atoms with Crippen LogP contribution in [0.15, 0.2) is 24.3 Å². The summed E-state index contributed by atoms with van der Waals surface area (Å²) in [6.45, 7) is 0.845. The van der Waals surface area contributed by atoms with Crippen LogP contribution in [-0.2, 0) is 5.88 Å². The molecule has 0 aliphatic carbocycles. The lowest BCUT2D eigenvalue weighted by Gasteiger charge is -2.09. The molecule has 17 heavy (non-hydrogen) atoms. The molecule has 0 radical (unpaired) electrons. The Hall–Kier alpha value is -1.39. The number of halogens is 1. The molecule has 90 valence electrons. The van der Waals surface area contributed by atoms with Gasteiger partial charge in [0.1, 0.15) is 11.6 Å². The minimum atomic E-state index is 0.165. The number of rotatable bonds is 5.